The van der Waals surface area contributed by atoms with Crippen LogP contribution in [0.5, 0.6) is 0 Å². The van der Waals surface area contributed by atoms with Crippen LogP contribution >= 0.6 is 0 Å². The molecule has 0 aromatic heterocycles. The molecule has 30 heavy (non-hydrogen) atoms. The van der Waals surface area contributed by atoms with Crippen molar-refractivity contribution in [1.29, 1.82) is 0 Å². The Bertz CT molecular complexity index is 485. The molecule has 0 radical (unpaired) electrons. The molecule has 0 aliphatic carbocycles. The third-order valence-electron chi connectivity index (χ3n) is 5.49. The largest absolute Gasteiger partial charge is 0.373 e. The average Bonchev–Trinajstić information content (AvgIpc) is 3.08. The minimum Gasteiger partial charge on any atom is -0.373 e. The Kier molecular flexibility index (Phi) is 10.3. The molecule has 0 aromatic rings. The number of hydrogen-bond acceptors (Lipinski definition) is 5. The van der Waals surface area contributed by atoms with Crippen LogP contribution in [0, 0.1) is 11.8 Å². The van der Waals surface area contributed by atoms with Gasteiger partial charge >= 0.3 is 0 Å². The van der Waals surface area contributed by atoms with E-state index < -0.39 is 0 Å². The van der Waals surface area contributed by atoms with Crippen molar-refractivity contribution in [3.8, 4) is 0 Å². The van der Waals surface area contributed by atoms with Gasteiger partial charge in [0, 0.05) is 6.42 Å². The van der Waals surface area contributed by atoms with Gasteiger partial charge in [0.05, 0.1) is 61.0 Å². The predicted molar refractivity (Wildman–Crippen MR) is 123 cm³/mol. The van der Waals surface area contributed by atoms with E-state index >= 15 is 0 Å². The van der Waals surface area contributed by atoms with E-state index in [4.69, 9.17) is 23.7 Å². The molecule has 2 aliphatic heterocycles. The third-order valence-corrected chi connectivity index (χ3v) is 5.49. The molecule has 0 saturated carbocycles. The molecule has 2 unspecified atom stereocenters. The van der Waals surface area contributed by atoms with Crippen LogP contribution in [0.15, 0.2) is 0 Å². The van der Waals surface area contributed by atoms with Gasteiger partial charge in [0.2, 0.25) is 0 Å². The van der Waals surface area contributed by atoms with E-state index in [1.165, 1.54) is 0 Å². The molecule has 0 N–H and O–H groups in total. The summed E-state index contributed by atoms with van der Waals surface area (Å²) in [4.78, 5) is 0. The molecular formula is C25H50O5. The van der Waals surface area contributed by atoms with Crippen LogP contribution in [0.25, 0.3) is 0 Å². The number of ether oxygens (including phenoxy) is 5. The van der Waals surface area contributed by atoms with Crippen molar-refractivity contribution >= 4 is 0 Å². The normalized spacial score (nSPS) is 32.8. The molecule has 2 aliphatic rings. The van der Waals surface area contributed by atoms with E-state index in [0.29, 0.717) is 31.2 Å². The summed E-state index contributed by atoms with van der Waals surface area (Å²) in [6, 6.07) is 0. The lowest BCUT2D eigenvalue weighted by Crippen LogP contribution is -2.29. The maximum atomic E-state index is 5.88. The molecule has 0 amide bonds. The minimum atomic E-state index is -0.0909. The van der Waals surface area contributed by atoms with E-state index in [9.17, 15) is 0 Å². The van der Waals surface area contributed by atoms with Gasteiger partial charge in [0.15, 0.2) is 0 Å². The Labute approximate surface area is 186 Å². The van der Waals surface area contributed by atoms with Crippen molar-refractivity contribution in [1.82, 2.24) is 0 Å². The third kappa shape index (κ3) is 11.4. The van der Waals surface area contributed by atoms with Gasteiger partial charge in [0.25, 0.3) is 0 Å². The quantitative estimate of drug-likeness (QED) is 0.565. The highest BCUT2D eigenvalue weighted by molar-refractivity contribution is 4.83. The van der Waals surface area contributed by atoms with Gasteiger partial charge in [-0.05, 0) is 81.1 Å². The SMILES string of the molecule is CC(C)(C)OCC1CC(OC(C)(C)C)CO1.C[C@@H]1[C@H](C)[C@@H](COC(C)(C)C)O[C@H]1C. The molecule has 2 saturated heterocycles. The smallest absolute Gasteiger partial charge is 0.0841 e. The van der Waals surface area contributed by atoms with E-state index in [2.05, 4.69) is 83.1 Å². The van der Waals surface area contributed by atoms with Crippen LogP contribution in [0.4, 0.5) is 0 Å². The Hall–Kier alpha value is -0.200. The van der Waals surface area contributed by atoms with Crippen molar-refractivity contribution < 1.29 is 23.7 Å². The molecule has 2 rings (SSSR count). The van der Waals surface area contributed by atoms with Crippen LogP contribution in [0.2, 0.25) is 0 Å². The monoisotopic (exact) mass is 430 g/mol. The summed E-state index contributed by atoms with van der Waals surface area (Å²) in [6.45, 7) is 27.4. The summed E-state index contributed by atoms with van der Waals surface area (Å²) in [5.41, 5.74) is -0.238. The molecule has 6 atom stereocenters. The van der Waals surface area contributed by atoms with E-state index in [-0.39, 0.29) is 35.1 Å². The van der Waals surface area contributed by atoms with Gasteiger partial charge in [-0.25, -0.2) is 0 Å². The van der Waals surface area contributed by atoms with Gasteiger partial charge in [-0.15, -0.1) is 0 Å². The molecular weight excluding hydrogens is 380 g/mol. The van der Waals surface area contributed by atoms with Gasteiger partial charge in [-0.3, -0.25) is 0 Å². The van der Waals surface area contributed by atoms with E-state index in [0.717, 1.165) is 13.0 Å². The first-order valence-corrected chi connectivity index (χ1v) is 11.7. The zero-order valence-corrected chi connectivity index (χ0v) is 21.8. The Morgan fingerprint density at radius 1 is 0.733 bits per heavy atom. The van der Waals surface area contributed by atoms with Gasteiger partial charge in [0.1, 0.15) is 0 Å². The topological polar surface area (TPSA) is 46.2 Å². The van der Waals surface area contributed by atoms with Crippen molar-refractivity contribution in [2.75, 3.05) is 19.8 Å². The molecule has 5 heteroatoms. The van der Waals surface area contributed by atoms with E-state index in [1.54, 1.807) is 0 Å². The second kappa shape index (κ2) is 11.1. The zero-order valence-electron chi connectivity index (χ0n) is 21.8. The van der Waals surface area contributed by atoms with Crippen LogP contribution in [-0.4, -0.2) is 61.0 Å². The van der Waals surface area contributed by atoms with Gasteiger partial charge in [-0.1, -0.05) is 13.8 Å². The fourth-order valence-electron chi connectivity index (χ4n) is 3.53. The summed E-state index contributed by atoms with van der Waals surface area (Å²) in [5, 5.41) is 0. The maximum absolute atomic E-state index is 5.88. The number of rotatable bonds is 5. The summed E-state index contributed by atoms with van der Waals surface area (Å²) in [7, 11) is 0. The second-order valence-corrected chi connectivity index (χ2v) is 12.0. The lowest BCUT2D eigenvalue weighted by atomic mass is 9.91. The Morgan fingerprint density at radius 3 is 1.70 bits per heavy atom. The molecule has 0 aromatic carbocycles. The van der Waals surface area contributed by atoms with Crippen molar-refractivity contribution in [2.45, 2.75) is 131 Å². The molecule has 180 valence electrons. The summed E-state index contributed by atoms with van der Waals surface area (Å²) in [5.74, 6) is 1.25. The zero-order chi connectivity index (χ0) is 23.3. The van der Waals surface area contributed by atoms with Crippen LogP contribution < -0.4 is 0 Å². The first kappa shape index (κ1) is 27.8. The van der Waals surface area contributed by atoms with Crippen molar-refractivity contribution in [3.05, 3.63) is 0 Å². The maximum Gasteiger partial charge on any atom is 0.0841 e. The summed E-state index contributed by atoms with van der Waals surface area (Å²) < 4.78 is 28.9. The fraction of sp³-hybridized carbons (Fsp3) is 1.00. The highest BCUT2D eigenvalue weighted by atomic mass is 16.6. The Morgan fingerprint density at radius 2 is 1.27 bits per heavy atom. The number of hydrogen-bond donors (Lipinski definition) is 0. The Balaban J connectivity index is 0.000000303. The minimum absolute atomic E-state index is 0.0574. The average molecular weight is 431 g/mol. The first-order chi connectivity index (χ1) is 13.5. The lowest BCUT2D eigenvalue weighted by molar-refractivity contribution is -0.0739. The molecule has 0 bridgehead atoms. The lowest BCUT2D eigenvalue weighted by Gasteiger charge is -2.24. The molecule has 2 fully saturated rings. The van der Waals surface area contributed by atoms with Crippen LogP contribution in [0.3, 0.4) is 0 Å². The van der Waals surface area contributed by atoms with Crippen molar-refractivity contribution in [3.63, 3.8) is 0 Å². The fourth-order valence-corrected chi connectivity index (χ4v) is 3.53. The van der Waals surface area contributed by atoms with Crippen molar-refractivity contribution in [2.24, 2.45) is 11.8 Å². The van der Waals surface area contributed by atoms with Crippen LogP contribution in [-0.2, 0) is 23.7 Å². The molecule has 0 spiro atoms. The first-order valence-electron chi connectivity index (χ1n) is 11.7. The molecule has 5 nitrogen and oxygen atoms in total. The van der Waals surface area contributed by atoms with Gasteiger partial charge in [-0.2, -0.15) is 0 Å². The second-order valence-electron chi connectivity index (χ2n) is 12.0. The standard InChI is InChI=1S/C13H26O3.C12H24O2/c1-12(2,3)15-9-10-7-11(8-14-10)16-13(4,5)6;1-8-9(2)11(14-10(8)3)7-13-12(4,5)6/h10-11H,7-9H2,1-6H3;8-11H,7H2,1-6H3/t;8-,9+,10+,11-/m.1/s1. The highest BCUT2D eigenvalue weighted by Crippen LogP contribution is 2.32. The van der Waals surface area contributed by atoms with Crippen LogP contribution in [0.1, 0.15) is 89.5 Å². The summed E-state index contributed by atoms with van der Waals surface area (Å²) >= 11 is 0. The highest BCUT2D eigenvalue weighted by Gasteiger charge is 2.37. The summed E-state index contributed by atoms with van der Waals surface area (Å²) in [6.07, 6.45) is 1.99. The molecule has 2 heterocycles. The van der Waals surface area contributed by atoms with E-state index in [1.807, 2.05) is 0 Å². The van der Waals surface area contributed by atoms with Gasteiger partial charge < -0.3 is 23.7 Å². The predicted octanol–water partition coefficient (Wildman–Crippen LogP) is 5.64.